The predicted molar refractivity (Wildman–Crippen MR) is 74.5 cm³/mol. The van der Waals surface area contributed by atoms with E-state index in [4.69, 9.17) is 0 Å². The molecule has 3 rings (SSSR count). The lowest BCUT2D eigenvalue weighted by atomic mass is 9.92. The molecule has 0 bridgehead atoms. The standard InChI is InChI=1S/C15H19NOS/c17-15(12-5-2-1-3-6-12)16-9-4-7-14(16)13-8-10-18-11-13/h1-2,8,10-12,14H,3-7,9H2. The minimum absolute atomic E-state index is 0.231. The van der Waals surface area contributed by atoms with Crippen LogP contribution in [0.3, 0.4) is 0 Å². The molecule has 0 aromatic carbocycles. The minimum atomic E-state index is 0.231. The third-order valence-corrected chi connectivity index (χ3v) is 4.78. The van der Waals surface area contributed by atoms with E-state index < -0.39 is 0 Å². The molecule has 2 aliphatic rings. The van der Waals surface area contributed by atoms with Crippen molar-refractivity contribution in [1.29, 1.82) is 0 Å². The number of likely N-dealkylation sites (tertiary alicyclic amines) is 1. The van der Waals surface area contributed by atoms with Crippen molar-refractivity contribution in [3.05, 3.63) is 34.5 Å². The Morgan fingerprint density at radius 3 is 3.00 bits per heavy atom. The number of carbonyl (C=O) groups excluding carboxylic acids is 1. The molecular weight excluding hydrogens is 242 g/mol. The molecule has 1 aromatic rings. The smallest absolute Gasteiger partial charge is 0.226 e. The summed E-state index contributed by atoms with van der Waals surface area (Å²) in [7, 11) is 0. The van der Waals surface area contributed by atoms with Gasteiger partial charge in [0.1, 0.15) is 0 Å². The highest BCUT2D eigenvalue weighted by Gasteiger charge is 2.33. The summed E-state index contributed by atoms with van der Waals surface area (Å²) in [6.07, 6.45) is 9.67. The van der Waals surface area contributed by atoms with Gasteiger partial charge in [0.2, 0.25) is 5.91 Å². The molecule has 1 aliphatic carbocycles. The van der Waals surface area contributed by atoms with E-state index in [-0.39, 0.29) is 5.92 Å². The topological polar surface area (TPSA) is 20.3 Å². The molecule has 1 saturated heterocycles. The number of carbonyl (C=O) groups is 1. The van der Waals surface area contributed by atoms with Crippen molar-refractivity contribution in [2.24, 2.45) is 5.92 Å². The molecule has 1 aromatic heterocycles. The van der Waals surface area contributed by atoms with Crippen LogP contribution in [0.15, 0.2) is 29.0 Å². The lowest BCUT2D eigenvalue weighted by molar-refractivity contribution is -0.136. The van der Waals surface area contributed by atoms with Gasteiger partial charge in [-0.05, 0) is 54.5 Å². The Labute approximate surface area is 112 Å². The van der Waals surface area contributed by atoms with Crippen molar-refractivity contribution in [3.8, 4) is 0 Å². The number of amides is 1. The van der Waals surface area contributed by atoms with Gasteiger partial charge in [0.05, 0.1) is 6.04 Å². The molecule has 1 amide bonds. The normalized spacial score (nSPS) is 27.7. The maximum atomic E-state index is 12.6. The molecule has 2 nitrogen and oxygen atoms in total. The number of hydrogen-bond acceptors (Lipinski definition) is 2. The average molecular weight is 261 g/mol. The highest BCUT2D eigenvalue weighted by Crippen LogP contribution is 2.35. The van der Waals surface area contributed by atoms with Gasteiger partial charge in [-0.15, -0.1) is 0 Å². The summed E-state index contributed by atoms with van der Waals surface area (Å²) in [5.41, 5.74) is 1.33. The van der Waals surface area contributed by atoms with Crippen LogP contribution < -0.4 is 0 Å². The number of rotatable bonds is 2. The van der Waals surface area contributed by atoms with Crippen LogP contribution in [0.1, 0.15) is 43.7 Å². The van der Waals surface area contributed by atoms with Gasteiger partial charge < -0.3 is 4.90 Å². The SMILES string of the molecule is O=C(C1CC=CCC1)N1CCCC1c1ccsc1. The molecule has 18 heavy (non-hydrogen) atoms. The van der Waals surface area contributed by atoms with Gasteiger partial charge in [-0.2, -0.15) is 11.3 Å². The largest absolute Gasteiger partial charge is 0.335 e. The Hall–Kier alpha value is -1.09. The first-order chi connectivity index (χ1) is 8.86. The Morgan fingerprint density at radius 2 is 2.28 bits per heavy atom. The van der Waals surface area contributed by atoms with Gasteiger partial charge in [0.25, 0.3) is 0 Å². The van der Waals surface area contributed by atoms with E-state index in [2.05, 4.69) is 33.9 Å². The quantitative estimate of drug-likeness (QED) is 0.742. The Balaban J connectivity index is 1.74. The van der Waals surface area contributed by atoms with Crippen molar-refractivity contribution < 1.29 is 4.79 Å². The van der Waals surface area contributed by atoms with E-state index in [1.54, 1.807) is 11.3 Å². The monoisotopic (exact) mass is 261 g/mol. The molecule has 1 fully saturated rings. The summed E-state index contributed by atoms with van der Waals surface area (Å²) in [6.45, 7) is 0.944. The van der Waals surface area contributed by atoms with Gasteiger partial charge in [0.15, 0.2) is 0 Å². The van der Waals surface area contributed by atoms with Crippen molar-refractivity contribution in [2.45, 2.75) is 38.1 Å². The molecule has 0 spiro atoms. The number of thiophene rings is 1. The van der Waals surface area contributed by atoms with Gasteiger partial charge in [-0.25, -0.2) is 0 Å². The van der Waals surface area contributed by atoms with Crippen LogP contribution >= 0.6 is 11.3 Å². The van der Waals surface area contributed by atoms with Crippen LogP contribution in [-0.4, -0.2) is 17.4 Å². The summed E-state index contributed by atoms with van der Waals surface area (Å²) >= 11 is 1.73. The van der Waals surface area contributed by atoms with Crippen LogP contribution in [0, 0.1) is 5.92 Å². The fourth-order valence-electron chi connectivity index (χ4n) is 3.09. The second-order valence-corrected chi connectivity index (χ2v) is 6.01. The van der Waals surface area contributed by atoms with Crippen molar-refractivity contribution in [1.82, 2.24) is 4.90 Å². The molecule has 2 unspecified atom stereocenters. The fourth-order valence-corrected chi connectivity index (χ4v) is 3.80. The molecule has 2 atom stereocenters. The predicted octanol–water partition coefficient (Wildman–Crippen LogP) is 3.77. The highest BCUT2D eigenvalue weighted by atomic mass is 32.1. The highest BCUT2D eigenvalue weighted by molar-refractivity contribution is 7.07. The van der Waals surface area contributed by atoms with E-state index in [0.717, 1.165) is 38.6 Å². The third kappa shape index (κ3) is 2.24. The summed E-state index contributed by atoms with van der Waals surface area (Å²) in [4.78, 5) is 14.7. The zero-order valence-corrected chi connectivity index (χ0v) is 11.4. The van der Waals surface area contributed by atoms with E-state index in [0.29, 0.717) is 11.9 Å². The number of allylic oxidation sites excluding steroid dienone is 2. The fraction of sp³-hybridized carbons (Fsp3) is 0.533. The molecule has 0 radical (unpaired) electrons. The molecule has 1 aliphatic heterocycles. The van der Waals surface area contributed by atoms with E-state index >= 15 is 0 Å². The van der Waals surface area contributed by atoms with Gasteiger partial charge in [0, 0.05) is 12.5 Å². The van der Waals surface area contributed by atoms with Crippen molar-refractivity contribution in [3.63, 3.8) is 0 Å². The van der Waals surface area contributed by atoms with Crippen molar-refractivity contribution >= 4 is 17.2 Å². The first-order valence-corrected chi connectivity index (χ1v) is 7.78. The van der Waals surface area contributed by atoms with E-state index in [9.17, 15) is 4.79 Å². The van der Waals surface area contributed by atoms with E-state index in [1.807, 2.05) is 0 Å². The van der Waals surface area contributed by atoms with Crippen LogP contribution in [0.2, 0.25) is 0 Å². The first-order valence-electron chi connectivity index (χ1n) is 6.84. The number of nitrogens with zero attached hydrogens (tertiary/aromatic N) is 1. The summed E-state index contributed by atoms with van der Waals surface area (Å²) in [6, 6.07) is 2.51. The average Bonchev–Trinajstić information content (AvgIpc) is 3.09. The maximum absolute atomic E-state index is 12.6. The molecule has 3 heteroatoms. The lowest BCUT2D eigenvalue weighted by Gasteiger charge is -2.29. The Morgan fingerprint density at radius 1 is 1.33 bits per heavy atom. The summed E-state index contributed by atoms with van der Waals surface area (Å²) in [5.74, 6) is 0.613. The van der Waals surface area contributed by atoms with Gasteiger partial charge in [-0.3, -0.25) is 4.79 Å². The van der Waals surface area contributed by atoms with Crippen LogP contribution in [0.5, 0.6) is 0 Å². The maximum Gasteiger partial charge on any atom is 0.226 e. The van der Waals surface area contributed by atoms with Crippen LogP contribution in [0.25, 0.3) is 0 Å². The summed E-state index contributed by atoms with van der Waals surface area (Å²) < 4.78 is 0. The van der Waals surface area contributed by atoms with Gasteiger partial charge in [-0.1, -0.05) is 12.2 Å². The lowest BCUT2D eigenvalue weighted by Crippen LogP contribution is -2.36. The van der Waals surface area contributed by atoms with Crippen LogP contribution in [0.4, 0.5) is 0 Å². The third-order valence-electron chi connectivity index (χ3n) is 4.08. The zero-order chi connectivity index (χ0) is 12.4. The van der Waals surface area contributed by atoms with E-state index in [1.165, 1.54) is 5.56 Å². The van der Waals surface area contributed by atoms with Gasteiger partial charge >= 0.3 is 0 Å². The molecular formula is C15H19NOS. The minimum Gasteiger partial charge on any atom is -0.335 e. The molecule has 2 heterocycles. The molecule has 0 saturated carbocycles. The Kier molecular flexibility index (Phi) is 3.50. The molecule has 0 N–H and O–H groups in total. The van der Waals surface area contributed by atoms with Crippen molar-refractivity contribution in [2.75, 3.05) is 6.54 Å². The Bertz CT molecular complexity index is 437. The second kappa shape index (κ2) is 5.27. The first kappa shape index (κ1) is 12.0. The number of hydrogen-bond donors (Lipinski definition) is 0. The summed E-state index contributed by atoms with van der Waals surface area (Å²) in [5, 5.41) is 4.30. The molecule has 96 valence electrons. The second-order valence-electron chi connectivity index (χ2n) is 5.23. The van der Waals surface area contributed by atoms with Crippen LogP contribution in [-0.2, 0) is 4.79 Å². The zero-order valence-electron chi connectivity index (χ0n) is 10.5.